The number of ketones is 1. The number of carbonyl (C=O) groups is 1. The van der Waals surface area contributed by atoms with E-state index < -0.39 is 5.79 Å². The van der Waals surface area contributed by atoms with Crippen molar-refractivity contribution < 1.29 is 15.0 Å². The molecule has 0 heterocycles. The molecule has 78 valence electrons. The summed E-state index contributed by atoms with van der Waals surface area (Å²) in [5.74, 6) is -1.87. The third kappa shape index (κ3) is 6.72. The SMILES string of the molecule is CCCCCC(O)(O)CC(=O)CC. The number of aliphatic hydroxyl groups is 2. The highest BCUT2D eigenvalue weighted by Crippen LogP contribution is 2.16. The van der Waals surface area contributed by atoms with Crippen molar-refractivity contribution in [3.63, 3.8) is 0 Å². The molecule has 0 aliphatic heterocycles. The average Bonchev–Trinajstić information content (AvgIpc) is 2.03. The summed E-state index contributed by atoms with van der Waals surface area (Å²) >= 11 is 0. The molecule has 0 radical (unpaired) electrons. The molecule has 0 aromatic heterocycles. The van der Waals surface area contributed by atoms with Gasteiger partial charge in [0.25, 0.3) is 0 Å². The van der Waals surface area contributed by atoms with Crippen molar-refractivity contribution >= 4 is 5.78 Å². The summed E-state index contributed by atoms with van der Waals surface area (Å²) < 4.78 is 0. The predicted octanol–water partition coefficient (Wildman–Crippen LogP) is 1.62. The van der Waals surface area contributed by atoms with Gasteiger partial charge in [-0.15, -0.1) is 0 Å². The second-order valence-electron chi connectivity index (χ2n) is 3.51. The van der Waals surface area contributed by atoms with E-state index in [9.17, 15) is 15.0 Å². The Morgan fingerprint density at radius 3 is 2.31 bits per heavy atom. The molecule has 0 spiro atoms. The van der Waals surface area contributed by atoms with E-state index in [0.717, 1.165) is 19.3 Å². The van der Waals surface area contributed by atoms with Crippen molar-refractivity contribution in [1.29, 1.82) is 0 Å². The first-order chi connectivity index (χ1) is 6.02. The Labute approximate surface area is 79.8 Å². The number of unbranched alkanes of at least 4 members (excludes halogenated alkanes) is 2. The predicted molar refractivity (Wildman–Crippen MR) is 51.2 cm³/mol. The minimum atomic E-state index is -1.78. The molecule has 0 aliphatic rings. The molecule has 0 amide bonds. The van der Waals surface area contributed by atoms with Gasteiger partial charge in [0.1, 0.15) is 5.78 Å². The Balaban J connectivity index is 3.72. The molecule has 2 N–H and O–H groups in total. The zero-order valence-corrected chi connectivity index (χ0v) is 8.55. The average molecular weight is 188 g/mol. The van der Waals surface area contributed by atoms with E-state index in [0.29, 0.717) is 12.8 Å². The lowest BCUT2D eigenvalue weighted by molar-refractivity contribution is -0.175. The molecule has 0 atom stereocenters. The maximum absolute atomic E-state index is 10.9. The van der Waals surface area contributed by atoms with E-state index in [-0.39, 0.29) is 12.2 Å². The van der Waals surface area contributed by atoms with Crippen LogP contribution in [0.1, 0.15) is 52.4 Å². The number of Topliss-reactive ketones (excluding diaryl/α,β-unsaturated/α-hetero) is 1. The van der Waals surface area contributed by atoms with Crippen molar-refractivity contribution in [2.45, 2.75) is 58.2 Å². The first-order valence-electron chi connectivity index (χ1n) is 4.98. The van der Waals surface area contributed by atoms with Crippen molar-refractivity contribution in [1.82, 2.24) is 0 Å². The summed E-state index contributed by atoms with van der Waals surface area (Å²) in [7, 11) is 0. The van der Waals surface area contributed by atoms with Crippen molar-refractivity contribution in [3.05, 3.63) is 0 Å². The van der Waals surface area contributed by atoms with Crippen LogP contribution < -0.4 is 0 Å². The summed E-state index contributed by atoms with van der Waals surface area (Å²) in [6.07, 6.45) is 3.32. The summed E-state index contributed by atoms with van der Waals surface area (Å²) in [5.41, 5.74) is 0. The highest BCUT2D eigenvalue weighted by molar-refractivity contribution is 5.78. The van der Waals surface area contributed by atoms with E-state index in [4.69, 9.17) is 0 Å². The van der Waals surface area contributed by atoms with E-state index in [2.05, 4.69) is 0 Å². The van der Waals surface area contributed by atoms with Gasteiger partial charge in [-0.1, -0.05) is 26.7 Å². The first-order valence-corrected chi connectivity index (χ1v) is 4.98. The van der Waals surface area contributed by atoms with Crippen LogP contribution in [0.25, 0.3) is 0 Å². The van der Waals surface area contributed by atoms with Crippen LogP contribution in [0.3, 0.4) is 0 Å². The van der Waals surface area contributed by atoms with Crippen LogP contribution in [0.4, 0.5) is 0 Å². The number of hydrogen-bond acceptors (Lipinski definition) is 3. The van der Waals surface area contributed by atoms with E-state index in [1.54, 1.807) is 6.92 Å². The van der Waals surface area contributed by atoms with Gasteiger partial charge in [0, 0.05) is 12.8 Å². The molecule has 0 bridgehead atoms. The topological polar surface area (TPSA) is 57.5 Å². The summed E-state index contributed by atoms with van der Waals surface area (Å²) in [6, 6.07) is 0. The fourth-order valence-electron chi connectivity index (χ4n) is 1.19. The van der Waals surface area contributed by atoms with Crippen LogP contribution in [-0.4, -0.2) is 21.8 Å². The standard InChI is InChI=1S/C10H20O3/c1-3-5-6-7-10(12,13)8-9(11)4-2/h12-13H,3-8H2,1-2H3. The van der Waals surface area contributed by atoms with Gasteiger partial charge in [0.05, 0.1) is 6.42 Å². The summed E-state index contributed by atoms with van der Waals surface area (Å²) in [4.78, 5) is 10.9. The quantitative estimate of drug-likeness (QED) is 0.471. The van der Waals surface area contributed by atoms with Gasteiger partial charge in [-0.2, -0.15) is 0 Å². The van der Waals surface area contributed by atoms with Crippen LogP contribution >= 0.6 is 0 Å². The molecule has 0 aromatic rings. The maximum Gasteiger partial charge on any atom is 0.169 e. The minimum Gasteiger partial charge on any atom is -0.365 e. The van der Waals surface area contributed by atoms with Crippen molar-refractivity contribution in [2.24, 2.45) is 0 Å². The zero-order chi connectivity index (χ0) is 10.3. The van der Waals surface area contributed by atoms with E-state index in [1.165, 1.54) is 0 Å². The first kappa shape index (κ1) is 12.6. The maximum atomic E-state index is 10.9. The van der Waals surface area contributed by atoms with Gasteiger partial charge in [-0.05, 0) is 6.42 Å². The van der Waals surface area contributed by atoms with Crippen LogP contribution in [-0.2, 0) is 4.79 Å². The molecule has 0 fully saturated rings. The monoisotopic (exact) mass is 188 g/mol. The Bertz CT molecular complexity index is 152. The van der Waals surface area contributed by atoms with E-state index in [1.807, 2.05) is 6.92 Å². The molecule has 0 aromatic carbocycles. The van der Waals surface area contributed by atoms with Gasteiger partial charge in [-0.3, -0.25) is 4.79 Å². The largest absolute Gasteiger partial charge is 0.365 e. The third-order valence-corrected chi connectivity index (χ3v) is 2.06. The zero-order valence-electron chi connectivity index (χ0n) is 8.55. The Hall–Kier alpha value is -0.410. The molecule has 0 rings (SSSR count). The second kappa shape index (κ2) is 6.11. The molecule has 0 saturated heterocycles. The molecule has 0 unspecified atom stereocenters. The lowest BCUT2D eigenvalue weighted by Crippen LogP contribution is -2.31. The summed E-state index contributed by atoms with van der Waals surface area (Å²) in [5, 5.41) is 18.8. The Morgan fingerprint density at radius 2 is 1.85 bits per heavy atom. The third-order valence-electron chi connectivity index (χ3n) is 2.06. The van der Waals surface area contributed by atoms with Crippen LogP contribution in [0, 0.1) is 0 Å². The lowest BCUT2D eigenvalue weighted by Gasteiger charge is -2.20. The van der Waals surface area contributed by atoms with Crippen molar-refractivity contribution in [3.8, 4) is 0 Å². The molecule has 0 aliphatic carbocycles. The van der Waals surface area contributed by atoms with Crippen LogP contribution in [0.2, 0.25) is 0 Å². The lowest BCUT2D eigenvalue weighted by atomic mass is 10.0. The number of rotatable bonds is 7. The summed E-state index contributed by atoms with van der Waals surface area (Å²) in [6.45, 7) is 3.78. The minimum absolute atomic E-state index is 0.0958. The van der Waals surface area contributed by atoms with Crippen molar-refractivity contribution in [2.75, 3.05) is 0 Å². The van der Waals surface area contributed by atoms with Gasteiger partial charge in [0.15, 0.2) is 5.79 Å². The fraction of sp³-hybridized carbons (Fsp3) is 0.900. The smallest absolute Gasteiger partial charge is 0.169 e. The van der Waals surface area contributed by atoms with Crippen LogP contribution in [0.15, 0.2) is 0 Å². The van der Waals surface area contributed by atoms with Gasteiger partial charge in [0.2, 0.25) is 0 Å². The number of carbonyl (C=O) groups excluding carboxylic acids is 1. The molecular formula is C10H20O3. The molecular weight excluding hydrogens is 168 g/mol. The Kier molecular flexibility index (Phi) is 5.91. The Morgan fingerprint density at radius 1 is 1.23 bits per heavy atom. The van der Waals surface area contributed by atoms with Crippen LogP contribution in [0.5, 0.6) is 0 Å². The molecule has 13 heavy (non-hydrogen) atoms. The normalized spacial score (nSPS) is 11.7. The molecule has 0 saturated carbocycles. The highest BCUT2D eigenvalue weighted by atomic mass is 16.5. The number of hydrogen-bond donors (Lipinski definition) is 2. The van der Waals surface area contributed by atoms with E-state index >= 15 is 0 Å². The molecule has 3 heteroatoms. The second-order valence-corrected chi connectivity index (χ2v) is 3.51. The van der Waals surface area contributed by atoms with Gasteiger partial charge >= 0.3 is 0 Å². The highest BCUT2D eigenvalue weighted by Gasteiger charge is 2.24. The van der Waals surface area contributed by atoms with Gasteiger partial charge < -0.3 is 10.2 Å². The van der Waals surface area contributed by atoms with Gasteiger partial charge in [-0.25, -0.2) is 0 Å². The molecule has 3 nitrogen and oxygen atoms in total. The fourth-order valence-corrected chi connectivity index (χ4v) is 1.19.